The van der Waals surface area contributed by atoms with Crippen LogP contribution in [0.25, 0.3) is 0 Å². The fourth-order valence-electron chi connectivity index (χ4n) is 4.49. The van der Waals surface area contributed by atoms with Gasteiger partial charge in [-0.25, -0.2) is 9.78 Å². The summed E-state index contributed by atoms with van der Waals surface area (Å²) in [5.74, 6) is -1.03. The number of rotatable bonds is 8. The van der Waals surface area contributed by atoms with Gasteiger partial charge in [0, 0.05) is 38.9 Å². The SMILES string of the molecule is CCCCC(c1ccccn1)N1CCOCCOCCN(Cc2cccc(C(=O)O)n2)CCOCCOCC1. The van der Waals surface area contributed by atoms with E-state index < -0.39 is 5.97 Å². The highest BCUT2D eigenvalue weighted by molar-refractivity contribution is 5.85. The molecule has 1 N–H and O–H groups in total. The van der Waals surface area contributed by atoms with Gasteiger partial charge in [0.1, 0.15) is 5.69 Å². The van der Waals surface area contributed by atoms with Crippen LogP contribution in [0.5, 0.6) is 0 Å². The quantitative estimate of drug-likeness (QED) is 0.532. The van der Waals surface area contributed by atoms with Crippen LogP contribution in [-0.2, 0) is 25.5 Å². The van der Waals surface area contributed by atoms with E-state index in [1.165, 1.54) is 6.07 Å². The van der Waals surface area contributed by atoms with Crippen molar-refractivity contribution < 1.29 is 28.8 Å². The summed E-state index contributed by atoms with van der Waals surface area (Å²) in [4.78, 5) is 24.8. The van der Waals surface area contributed by atoms with Crippen molar-refractivity contribution in [1.29, 1.82) is 0 Å². The summed E-state index contributed by atoms with van der Waals surface area (Å²) < 4.78 is 23.5. The number of unbranched alkanes of at least 4 members (excludes halogenated alkanes) is 1. The number of nitrogens with zero attached hydrogens (tertiary/aromatic N) is 4. The smallest absolute Gasteiger partial charge is 0.354 e. The first-order valence-corrected chi connectivity index (χ1v) is 14.0. The molecule has 0 aromatic carbocycles. The van der Waals surface area contributed by atoms with Crippen LogP contribution in [0.2, 0.25) is 0 Å². The lowest BCUT2D eigenvalue weighted by Gasteiger charge is -2.31. The maximum absolute atomic E-state index is 11.3. The molecule has 0 aliphatic carbocycles. The fourth-order valence-corrected chi connectivity index (χ4v) is 4.49. The molecule has 1 unspecified atom stereocenters. The van der Waals surface area contributed by atoms with Crippen molar-refractivity contribution in [3.8, 4) is 0 Å². The fraction of sp³-hybridized carbons (Fsp3) is 0.621. The summed E-state index contributed by atoms with van der Waals surface area (Å²) in [6, 6.07) is 11.4. The molecule has 0 saturated carbocycles. The van der Waals surface area contributed by atoms with Crippen LogP contribution in [-0.4, -0.2) is 110 Å². The third-order valence-corrected chi connectivity index (χ3v) is 6.61. The molecule has 1 aliphatic heterocycles. The van der Waals surface area contributed by atoms with Gasteiger partial charge in [-0.1, -0.05) is 31.9 Å². The normalized spacial score (nSPS) is 19.1. The molecule has 3 heterocycles. The van der Waals surface area contributed by atoms with E-state index in [1.54, 1.807) is 6.07 Å². The summed E-state index contributed by atoms with van der Waals surface area (Å²) in [5, 5.41) is 9.24. The molecule has 216 valence electrons. The van der Waals surface area contributed by atoms with Gasteiger partial charge in [-0.15, -0.1) is 0 Å². The van der Waals surface area contributed by atoms with E-state index in [9.17, 15) is 9.90 Å². The molecule has 2 aromatic rings. The Morgan fingerprint density at radius 1 is 0.872 bits per heavy atom. The van der Waals surface area contributed by atoms with E-state index in [1.807, 2.05) is 18.3 Å². The van der Waals surface area contributed by atoms with E-state index in [-0.39, 0.29) is 11.7 Å². The number of aromatic carboxylic acids is 1. The average Bonchev–Trinajstić information content (AvgIpc) is 2.95. The van der Waals surface area contributed by atoms with Gasteiger partial charge in [-0.05, 0) is 30.7 Å². The maximum Gasteiger partial charge on any atom is 0.354 e. The molecule has 10 nitrogen and oxygen atoms in total. The Bertz CT molecular complexity index is 915. The van der Waals surface area contributed by atoms with E-state index in [4.69, 9.17) is 18.9 Å². The number of aromatic nitrogens is 2. The number of hydrogen-bond acceptors (Lipinski definition) is 9. The molecular weight excluding hydrogens is 500 g/mol. The highest BCUT2D eigenvalue weighted by atomic mass is 16.5. The van der Waals surface area contributed by atoms with Crippen LogP contribution in [0.15, 0.2) is 42.6 Å². The van der Waals surface area contributed by atoms with E-state index in [0.717, 1.165) is 38.0 Å². The first-order chi connectivity index (χ1) is 19.2. The molecule has 0 spiro atoms. The van der Waals surface area contributed by atoms with Crippen molar-refractivity contribution in [3.63, 3.8) is 0 Å². The van der Waals surface area contributed by atoms with Crippen molar-refractivity contribution >= 4 is 5.97 Å². The molecule has 1 aliphatic rings. The Morgan fingerprint density at radius 2 is 1.51 bits per heavy atom. The minimum Gasteiger partial charge on any atom is -0.477 e. The molecule has 1 saturated heterocycles. The number of ether oxygens (including phenoxy) is 4. The van der Waals surface area contributed by atoms with Crippen LogP contribution >= 0.6 is 0 Å². The highest BCUT2D eigenvalue weighted by Gasteiger charge is 2.21. The summed E-state index contributed by atoms with van der Waals surface area (Å²) >= 11 is 0. The van der Waals surface area contributed by atoms with Gasteiger partial charge in [0.05, 0.1) is 70.3 Å². The van der Waals surface area contributed by atoms with Gasteiger partial charge in [-0.3, -0.25) is 14.8 Å². The molecule has 0 amide bonds. The van der Waals surface area contributed by atoms with Gasteiger partial charge < -0.3 is 24.1 Å². The summed E-state index contributed by atoms with van der Waals surface area (Å²) in [5.41, 5.74) is 1.84. The van der Waals surface area contributed by atoms with Gasteiger partial charge in [-0.2, -0.15) is 0 Å². The maximum atomic E-state index is 11.3. The zero-order valence-corrected chi connectivity index (χ0v) is 23.2. The second-order valence-corrected chi connectivity index (χ2v) is 9.49. The Morgan fingerprint density at radius 3 is 2.08 bits per heavy atom. The van der Waals surface area contributed by atoms with Crippen molar-refractivity contribution in [2.45, 2.75) is 38.8 Å². The molecular formula is C29H44N4O6. The number of hydrogen-bond donors (Lipinski definition) is 1. The predicted octanol–water partition coefficient (Wildman–Crippen LogP) is 3.29. The average molecular weight is 545 g/mol. The first-order valence-electron chi connectivity index (χ1n) is 14.0. The van der Waals surface area contributed by atoms with E-state index in [2.05, 4.69) is 38.8 Å². The first kappa shape index (κ1) is 31.1. The standard InChI is InChI=1S/C29H44N4O6/c1-2-3-10-28(26-8-4-5-11-30-26)33-14-18-38-22-20-36-16-12-32(13-17-37-21-23-39-19-15-33)24-25-7-6-9-27(31-25)29(34)35/h4-9,11,28H,2-3,10,12-24H2,1H3,(H,34,35). The zero-order valence-electron chi connectivity index (χ0n) is 23.2. The van der Waals surface area contributed by atoms with Gasteiger partial charge >= 0.3 is 5.97 Å². The minimum atomic E-state index is -1.03. The largest absolute Gasteiger partial charge is 0.477 e. The van der Waals surface area contributed by atoms with Crippen molar-refractivity contribution in [2.75, 3.05) is 79.0 Å². The molecule has 2 aromatic heterocycles. The van der Waals surface area contributed by atoms with Crippen LogP contribution in [0.4, 0.5) is 0 Å². The summed E-state index contributed by atoms with van der Waals surface area (Å²) in [6.07, 6.45) is 5.19. The molecule has 39 heavy (non-hydrogen) atoms. The van der Waals surface area contributed by atoms with Crippen LogP contribution in [0.1, 0.15) is 54.1 Å². The number of pyridine rings is 2. The molecule has 0 radical (unpaired) electrons. The monoisotopic (exact) mass is 544 g/mol. The zero-order chi connectivity index (χ0) is 27.5. The lowest BCUT2D eigenvalue weighted by molar-refractivity contribution is 0.000305. The number of carboxylic acids is 1. The van der Waals surface area contributed by atoms with Crippen molar-refractivity contribution in [1.82, 2.24) is 19.8 Å². The van der Waals surface area contributed by atoms with Gasteiger partial charge in [0.15, 0.2) is 0 Å². The van der Waals surface area contributed by atoms with Gasteiger partial charge in [0.2, 0.25) is 0 Å². The summed E-state index contributed by atoms with van der Waals surface area (Å²) in [7, 11) is 0. The molecule has 1 atom stereocenters. The van der Waals surface area contributed by atoms with Crippen molar-refractivity contribution in [2.24, 2.45) is 0 Å². The lowest BCUT2D eigenvalue weighted by Crippen LogP contribution is -2.36. The predicted molar refractivity (Wildman–Crippen MR) is 148 cm³/mol. The Labute approximate surface area is 232 Å². The lowest BCUT2D eigenvalue weighted by atomic mass is 10.0. The second-order valence-electron chi connectivity index (χ2n) is 9.49. The molecule has 0 bridgehead atoms. The van der Waals surface area contributed by atoms with Crippen LogP contribution < -0.4 is 0 Å². The summed E-state index contributed by atoms with van der Waals surface area (Å²) in [6.45, 7) is 10.1. The van der Waals surface area contributed by atoms with Crippen LogP contribution in [0, 0.1) is 0 Å². The molecule has 1 fully saturated rings. The van der Waals surface area contributed by atoms with Crippen LogP contribution in [0.3, 0.4) is 0 Å². The van der Waals surface area contributed by atoms with E-state index >= 15 is 0 Å². The molecule has 10 heteroatoms. The topological polar surface area (TPSA) is 106 Å². The second kappa shape index (κ2) is 18.8. The third kappa shape index (κ3) is 12.1. The van der Waals surface area contributed by atoms with E-state index in [0.29, 0.717) is 78.2 Å². The molecule has 3 rings (SSSR count). The highest BCUT2D eigenvalue weighted by Crippen LogP contribution is 2.24. The number of carbonyl (C=O) groups is 1. The Balaban J connectivity index is 1.53. The van der Waals surface area contributed by atoms with Gasteiger partial charge in [0.25, 0.3) is 0 Å². The third-order valence-electron chi connectivity index (χ3n) is 6.61. The number of carboxylic acid groups (broad SMARTS) is 1. The minimum absolute atomic E-state index is 0.0472. The van der Waals surface area contributed by atoms with Crippen molar-refractivity contribution in [3.05, 3.63) is 59.7 Å². The Kier molecular flexibility index (Phi) is 14.9. The Hall–Kier alpha value is -2.47.